The average Bonchev–Trinajstić information content (AvgIpc) is 2.97. The third-order valence-corrected chi connectivity index (χ3v) is 9.23. The molecule has 0 aliphatic carbocycles. The van der Waals surface area contributed by atoms with Gasteiger partial charge in [0.2, 0.25) is 11.8 Å². The fourth-order valence-corrected chi connectivity index (χ4v) is 5.90. The highest BCUT2D eigenvalue weighted by molar-refractivity contribution is 7.92. The van der Waals surface area contributed by atoms with Gasteiger partial charge in [0.05, 0.1) is 27.7 Å². The Labute approximate surface area is 252 Å². The van der Waals surface area contributed by atoms with E-state index in [1.165, 1.54) is 35.2 Å². The molecule has 0 fully saturated rings. The zero-order valence-electron chi connectivity index (χ0n) is 23.5. The van der Waals surface area contributed by atoms with E-state index >= 15 is 0 Å². The van der Waals surface area contributed by atoms with Gasteiger partial charge in [-0.1, -0.05) is 67.4 Å². The largest absolute Gasteiger partial charge is 0.497 e. The second-order valence-electron chi connectivity index (χ2n) is 9.53. The number of sulfonamides is 1. The Kier molecular flexibility index (Phi) is 11.5. The lowest BCUT2D eigenvalue weighted by Gasteiger charge is -2.33. The van der Waals surface area contributed by atoms with Crippen LogP contribution in [0.5, 0.6) is 5.75 Å². The minimum atomic E-state index is -4.20. The zero-order valence-corrected chi connectivity index (χ0v) is 25.8. The number of carbonyl (C=O) groups excluding carboxylic acids is 2. The number of rotatable bonds is 13. The summed E-state index contributed by atoms with van der Waals surface area (Å²) in [5.41, 5.74) is 0.916. The van der Waals surface area contributed by atoms with Gasteiger partial charge in [-0.15, -0.1) is 0 Å². The van der Waals surface area contributed by atoms with Gasteiger partial charge in [-0.05, 0) is 67.8 Å². The Morgan fingerprint density at radius 2 is 1.59 bits per heavy atom. The summed E-state index contributed by atoms with van der Waals surface area (Å²) in [7, 11) is -2.65. The fraction of sp³-hybridized carbons (Fsp3) is 0.333. The number of hydrogen-bond acceptors (Lipinski definition) is 5. The highest BCUT2D eigenvalue weighted by Gasteiger charge is 2.34. The van der Waals surface area contributed by atoms with Crippen molar-refractivity contribution in [3.63, 3.8) is 0 Å². The van der Waals surface area contributed by atoms with Crippen molar-refractivity contribution >= 4 is 50.7 Å². The number of nitrogens with zero attached hydrogens (tertiary/aromatic N) is 2. The Balaban J connectivity index is 2.06. The molecule has 2 amide bonds. The first kappa shape index (κ1) is 32.2. The van der Waals surface area contributed by atoms with E-state index in [0.717, 1.165) is 16.3 Å². The highest BCUT2D eigenvalue weighted by Crippen LogP contribution is 2.31. The van der Waals surface area contributed by atoms with E-state index in [-0.39, 0.29) is 39.1 Å². The van der Waals surface area contributed by atoms with Gasteiger partial charge in [-0.25, -0.2) is 8.42 Å². The minimum absolute atomic E-state index is 0.00197. The molecule has 1 N–H and O–H groups in total. The molecule has 0 saturated heterocycles. The molecule has 3 aromatic rings. The molecule has 0 radical (unpaired) electrons. The van der Waals surface area contributed by atoms with Crippen LogP contribution in [0.3, 0.4) is 0 Å². The maximum Gasteiger partial charge on any atom is 0.264 e. The van der Waals surface area contributed by atoms with E-state index < -0.39 is 28.5 Å². The summed E-state index contributed by atoms with van der Waals surface area (Å²) in [4.78, 5) is 28.9. The van der Waals surface area contributed by atoms with Crippen LogP contribution in [0, 0.1) is 0 Å². The molecule has 0 aromatic heterocycles. The third kappa shape index (κ3) is 8.15. The molecule has 0 spiro atoms. The van der Waals surface area contributed by atoms with Crippen LogP contribution in [-0.4, -0.2) is 50.9 Å². The number of ether oxygens (including phenoxy) is 1. The fourth-order valence-electron chi connectivity index (χ4n) is 4.18. The van der Waals surface area contributed by atoms with Gasteiger partial charge in [-0.2, -0.15) is 0 Å². The van der Waals surface area contributed by atoms with E-state index in [2.05, 4.69) is 5.32 Å². The van der Waals surface area contributed by atoms with Crippen LogP contribution in [0.15, 0.2) is 77.7 Å². The van der Waals surface area contributed by atoms with Crippen LogP contribution < -0.4 is 14.4 Å². The van der Waals surface area contributed by atoms with Crippen molar-refractivity contribution in [1.82, 2.24) is 10.2 Å². The number of halogens is 2. The standard InChI is InChI=1S/C30H35Cl2N3O5S/c1-5-21(3)33-30(37)28(6-2)34(19-22-12-15-24(40-4)16-13-22)29(36)20-35(23-14-17-26(31)27(32)18-23)41(38,39)25-10-8-7-9-11-25/h7-18,21,28H,5-6,19-20H2,1-4H3,(H,33,37)/t21-,28-/m1/s1. The first-order valence-corrected chi connectivity index (χ1v) is 15.5. The van der Waals surface area contributed by atoms with Gasteiger partial charge >= 0.3 is 0 Å². The highest BCUT2D eigenvalue weighted by atomic mass is 35.5. The molecular formula is C30H35Cl2N3O5S. The lowest BCUT2D eigenvalue weighted by molar-refractivity contribution is -0.140. The molecule has 0 bridgehead atoms. The predicted molar refractivity (Wildman–Crippen MR) is 163 cm³/mol. The van der Waals surface area contributed by atoms with Crippen molar-refractivity contribution in [2.75, 3.05) is 18.0 Å². The molecule has 41 heavy (non-hydrogen) atoms. The number of benzene rings is 3. The van der Waals surface area contributed by atoms with Crippen molar-refractivity contribution in [3.8, 4) is 5.75 Å². The molecule has 0 aliphatic heterocycles. The van der Waals surface area contributed by atoms with E-state index in [1.807, 2.05) is 20.8 Å². The normalized spacial score (nSPS) is 12.7. The Bertz CT molecular complexity index is 1440. The molecule has 8 nitrogen and oxygen atoms in total. The molecule has 0 unspecified atom stereocenters. The number of hydrogen-bond donors (Lipinski definition) is 1. The van der Waals surface area contributed by atoms with Gasteiger partial charge in [0.25, 0.3) is 10.0 Å². The van der Waals surface area contributed by atoms with E-state index in [9.17, 15) is 18.0 Å². The van der Waals surface area contributed by atoms with Crippen molar-refractivity contribution in [3.05, 3.63) is 88.4 Å². The number of amides is 2. The summed E-state index contributed by atoms with van der Waals surface area (Å²) in [5.74, 6) is -0.221. The van der Waals surface area contributed by atoms with Gasteiger partial charge in [0.1, 0.15) is 18.3 Å². The molecule has 0 aliphatic rings. The molecular weight excluding hydrogens is 585 g/mol. The first-order chi connectivity index (χ1) is 19.5. The third-order valence-electron chi connectivity index (χ3n) is 6.70. The van der Waals surface area contributed by atoms with E-state index in [4.69, 9.17) is 27.9 Å². The number of methoxy groups -OCH3 is 1. The summed E-state index contributed by atoms with van der Waals surface area (Å²) in [6.45, 7) is 5.16. The topological polar surface area (TPSA) is 96.0 Å². The van der Waals surface area contributed by atoms with Crippen LogP contribution in [-0.2, 0) is 26.2 Å². The zero-order chi connectivity index (χ0) is 30.2. The maximum atomic E-state index is 14.1. The lowest BCUT2D eigenvalue weighted by atomic mass is 10.1. The van der Waals surface area contributed by atoms with Crippen LogP contribution in [0.1, 0.15) is 39.2 Å². The molecule has 2 atom stereocenters. The lowest BCUT2D eigenvalue weighted by Crippen LogP contribution is -2.53. The summed E-state index contributed by atoms with van der Waals surface area (Å²) >= 11 is 12.4. The Morgan fingerprint density at radius 1 is 0.927 bits per heavy atom. The number of anilines is 1. The van der Waals surface area contributed by atoms with Crippen LogP contribution in [0.2, 0.25) is 10.0 Å². The Hall–Kier alpha value is -3.27. The molecule has 0 heterocycles. The SMILES string of the molecule is CC[C@@H](C)NC(=O)[C@@H](CC)N(Cc1ccc(OC)cc1)C(=O)CN(c1ccc(Cl)c(Cl)c1)S(=O)(=O)c1ccccc1. The van der Waals surface area contributed by atoms with Gasteiger partial charge in [-0.3, -0.25) is 13.9 Å². The summed E-state index contributed by atoms with van der Waals surface area (Å²) in [6.07, 6.45) is 1.04. The number of carbonyl (C=O) groups is 2. The van der Waals surface area contributed by atoms with Crippen molar-refractivity contribution in [2.24, 2.45) is 0 Å². The molecule has 3 rings (SSSR count). The summed E-state index contributed by atoms with van der Waals surface area (Å²) in [6, 6.07) is 18.4. The van der Waals surface area contributed by atoms with Gasteiger partial charge < -0.3 is 15.0 Å². The molecule has 3 aromatic carbocycles. The van der Waals surface area contributed by atoms with E-state index in [1.54, 1.807) is 49.6 Å². The maximum absolute atomic E-state index is 14.1. The minimum Gasteiger partial charge on any atom is -0.497 e. The number of nitrogens with one attached hydrogen (secondary N) is 1. The summed E-state index contributed by atoms with van der Waals surface area (Å²) in [5, 5.41) is 3.34. The smallest absolute Gasteiger partial charge is 0.264 e. The molecule has 0 saturated carbocycles. The van der Waals surface area contributed by atoms with Crippen LogP contribution in [0.4, 0.5) is 5.69 Å². The average molecular weight is 621 g/mol. The van der Waals surface area contributed by atoms with Crippen molar-refractivity contribution < 1.29 is 22.7 Å². The first-order valence-electron chi connectivity index (χ1n) is 13.3. The Morgan fingerprint density at radius 3 is 2.15 bits per heavy atom. The second kappa shape index (κ2) is 14.6. The van der Waals surface area contributed by atoms with E-state index in [0.29, 0.717) is 12.2 Å². The van der Waals surface area contributed by atoms with Crippen molar-refractivity contribution in [1.29, 1.82) is 0 Å². The molecule has 11 heteroatoms. The van der Waals surface area contributed by atoms with Gasteiger partial charge in [0, 0.05) is 12.6 Å². The van der Waals surface area contributed by atoms with Crippen molar-refractivity contribution in [2.45, 2.75) is 57.1 Å². The van der Waals surface area contributed by atoms with Gasteiger partial charge in [0.15, 0.2) is 0 Å². The van der Waals surface area contributed by atoms with Crippen LogP contribution >= 0.6 is 23.2 Å². The quantitative estimate of drug-likeness (QED) is 0.256. The molecule has 220 valence electrons. The predicted octanol–water partition coefficient (Wildman–Crippen LogP) is 5.92. The van der Waals surface area contributed by atoms with Crippen LogP contribution in [0.25, 0.3) is 0 Å². The second-order valence-corrected chi connectivity index (χ2v) is 12.2. The summed E-state index contributed by atoms with van der Waals surface area (Å²) < 4.78 is 34.0. The monoisotopic (exact) mass is 619 g/mol.